The van der Waals surface area contributed by atoms with Crippen molar-refractivity contribution in [1.29, 1.82) is 0 Å². The average molecular weight is 348 g/mol. The smallest absolute Gasteiger partial charge is 0.242 e. The van der Waals surface area contributed by atoms with Gasteiger partial charge >= 0.3 is 0 Å². The number of carbonyl (C=O) groups is 1. The Hall–Kier alpha value is -1.66. The zero-order valence-corrected chi connectivity index (χ0v) is 15.2. The van der Waals surface area contributed by atoms with Gasteiger partial charge in [0.15, 0.2) is 0 Å². The quantitative estimate of drug-likeness (QED) is 0.903. The van der Waals surface area contributed by atoms with Crippen molar-refractivity contribution in [2.24, 2.45) is 5.73 Å². The lowest BCUT2D eigenvalue weighted by atomic mass is 9.99. The molecule has 1 amide bonds. The van der Waals surface area contributed by atoms with Gasteiger partial charge in [-0.3, -0.25) is 9.69 Å². The molecule has 2 fully saturated rings. The van der Waals surface area contributed by atoms with Gasteiger partial charge in [-0.25, -0.2) is 4.39 Å². The number of halogens is 1. The lowest BCUT2D eigenvalue weighted by molar-refractivity contribution is -0.138. The Morgan fingerprint density at radius 2 is 1.76 bits per heavy atom. The van der Waals surface area contributed by atoms with E-state index >= 15 is 0 Å². The second-order valence-corrected chi connectivity index (χ2v) is 7.77. The molecular formula is C19H29FN4O. The molecular weight excluding hydrogens is 319 g/mol. The minimum absolute atomic E-state index is 0.0437. The van der Waals surface area contributed by atoms with Crippen molar-refractivity contribution >= 4 is 11.6 Å². The van der Waals surface area contributed by atoms with Gasteiger partial charge < -0.3 is 15.5 Å². The number of carbonyl (C=O) groups excluding carboxylic acids is 1. The first-order chi connectivity index (χ1) is 11.8. The number of piperidine rings is 1. The molecule has 0 aromatic heterocycles. The Bertz CT molecular complexity index is 590. The van der Waals surface area contributed by atoms with Crippen LogP contribution in [0.3, 0.4) is 0 Å². The number of likely N-dealkylation sites (tertiary alicyclic amines) is 1. The second kappa shape index (κ2) is 7.30. The molecule has 138 valence electrons. The van der Waals surface area contributed by atoms with Gasteiger partial charge in [0.25, 0.3) is 0 Å². The summed E-state index contributed by atoms with van der Waals surface area (Å²) in [7, 11) is 0. The van der Waals surface area contributed by atoms with Gasteiger partial charge in [-0.15, -0.1) is 0 Å². The maximum atomic E-state index is 13.1. The standard InChI is InChI=1S/C19H29FN4O/c1-19(2,21)18(25)24-9-3-4-17(14-24)23-12-10-22(11-13-23)16-7-5-15(20)6-8-16/h5-8,17H,3-4,9-14,21H2,1-2H3. The van der Waals surface area contributed by atoms with Crippen LogP contribution in [0.15, 0.2) is 24.3 Å². The predicted octanol–water partition coefficient (Wildman–Crippen LogP) is 1.68. The maximum Gasteiger partial charge on any atom is 0.242 e. The Morgan fingerprint density at radius 3 is 2.36 bits per heavy atom. The van der Waals surface area contributed by atoms with Crippen LogP contribution in [-0.4, -0.2) is 66.6 Å². The van der Waals surface area contributed by atoms with Crippen LogP contribution in [0.4, 0.5) is 10.1 Å². The normalized spacial score (nSPS) is 23.0. The molecule has 2 saturated heterocycles. The number of amides is 1. The van der Waals surface area contributed by atoms with Crippen LogP contribution in [0.5, 0.6) is 0 Å². The van der Waals surface area contributed by atoms with Crippen LogP contribution < -0.4 is 10.6 Å². The number of hydrogen-bond donors (Lipinski definition) is 1. The van der Waals surface area contributed by atoms with Gasteiger partial charge in [0, 0.05) is 51.0 Å². The third-order valence-electron chi connectivity index (χ3n) is 5.26. The Balaban J connectivity index is 1.55. The molecule has 1 aromatic carbocycles. The first-order valence-electron chi connectivity index (χ1n) is 9.17. The lowest BCUT2D eigenvalue weighted by Gasteiger charge is -2.44. The zero-order chi connectivity index (χ0) is 18.0. The Kier molecular flexibility index (Phi) is 5.29. The number of nitrogens with zero attached hydrogens (tertiary/aromatic N) is 3. The molecule has 3 rings (SSSR count). The highest BCUT2D eigenvalue weighted by molar-refractivity contribution is 5.85. The minimum Gasteiger partial charge on any atom is -0.369 e. The molecule has 1 aromatic rings. The summed E-state index contributed by atoms with van der Waals surface area (Å²) >= 11 is 0. The first kappa shape index (κ1) is 18.1. The van der Waals surface area contributed by atoms with Gasteiger partial charge in [-0.1, -0.05) is 0 Å². The summed E-state index contributed by atoms with van der Waals surface area (Å²) in [5.41, 5.74) is 6.26. The highest BCUT2D eigenvalue weighted by Crippen LogP contribution is 2.22. The summed E-state index contributed by atoms with van der Waals surface area (Å²) in [5, 5.41) is 0. The van der Waals surface area contributed by atoms with Crippen molar-refractivity contribution in [2.75, 3.05) is 44.2 Å². The molecule has 5 nitrogen and oxygen atoms in total. The minimum atomic E-state index is -0.802. The largest absolute Gasteiger partial charge is 0.369 e. The lowest BCUT2D eigenvalue weighted by Crippen LogP contribution is -2.59. The van der Waals surface area contributed by atoms with Gasteiger partial charge in [0.1, 0.15) is 5.82 Å². The van der Waals surface area contributed by atoms with E-state index in [4.69, 9.17) is 5.73 Å². The van der Waals surface area contributed by atoms with Crippen LogP contribution in [0.25, 0.3) is 0 Å². The number of benzene rings is 1. The van der Waals surface area contributed by atoms with Crippen molar-refractivity contribution in [3.8, 4) is 0 Å². The number of anilines is 1. The van der Waals surface area contributed by atoms with Crippen molar-refractivity contribution in [3.05, 3.63) is 30.1 Å². The number of rotatable bonds is 3. The van der Waals surface area contributed by atoms with E-state index in [1.165, 1.54) is 12.1 Å². The van der Waals surface area contributed by atoms with Gasteiger partial charge in [0.05, 0.1) is 5.54 Å². The third kappa shape index (κ3) is 4.30. The summed E-state index contributed by atoms with van der Waals surface area (Å²) in [6.07, 6.45) is 2.16. The molecule has 0 spiro atoms. The van der Waals surface area contributed by atoms with E-state index < -0.39 is 5.54 Å². The highest BCUT2D eigenvalue weighted by atomic mass is 19.1. The third-order valence-corrected chi connectivity index (χ3v) is 5.26. The van der Waals surface area contributed by atoms with E-state index in [1.54, 1.807) is 13.8 Å². The van der Waals surface area contributed by atoms with Crippen LogP contribution >= 0.6 is 0 Å². The molecule has 2 aliphatic heterocycles. The Morgan fingerprint density at radius 1 is 1.12 bits per heavy atom. The number of nitrogens with two attached hydrogens (primary N) is 1. The SMILES string of the molecule is CC(C)(N)C(=O)N1CCCC(N2CCN(c3ccc(F)cc3)CC2)C1. The molecule has 2 N–H and O–H groups in total. The fraction of sp³-hybridized carbons (Fsp3) is 0.632. The van der Waals surface area contributed by atoms with E-state index in [0.717, 1.165) is 57.8 Å². The van der Waals surface area contributed by atoms with E-state index in [0.29, 0.717) is 6.04 Å². The molecule has 0 bridgehead atoms. The summed E-state index contributed by atoms with van der Waals surface area (Å²) in [6, 6.07) is 7.13. The van der Waals surface area contributed by atoms with Gasteiger partial charge in [-0.05, 0) is 51.0 Å². The summed E-state index contributed by atoms with van der Waals surface area (Å²) < 4.78 is 13.1. The van der Waals surface area contributed by atoms with Crippen LogP contribution in [-0.2, 0) is 4.79 Å². The number of piperazine rings is 1. The summed E-state index contributed by atoms with van der Waals surface area (Å²) in [5.74, 6) is -0.153. The zero-order valence-electron chi connectivity index (χ0n) is 15.2. The fourth-order valence-electron chi connectivity index (χ4n) is 3.84. The molecule has 1 atom stereocenters. The van der Waals surface area contributed by atoms with Crippen LogP contribution in [0.2, 0.25) is 0 Å². The predicted molar refractivity (Wildman–Crippen MR) is 98.1 cm³/mol. The van der Waals surface area contributed by atoms with E-state index in [-0.39, 0.29) is 11.7 Å². The average Bonchev–Trinajstić information content (AvgIpc) is 2.61. The molecule has 25 heavy (non-hydrogen) atoms. The maximum absolute atomic E-state index is 13.1. The first-order valence-corrected chi connectivity index (χ1v) is 9.17. The van der Waals surface area contributed by atoms with E-state index in [1.807, 2.05) is 17.0 Å². The van der Waals surface area contributed by atoms with Crippen molar-refractivity contribution in [3.63, 3.8) is 0 Å². The van der Waals surface area contributed by atoms with Crippen molar-refractivity contribution in [1.82, 2.24) is 9.80 Å². The molecule has 1 unspecified atom stereocenters. The molecule has 2 heterocycles. The summed E-state index contributed by atoms with van der Waals surface area (Å²) in [6.45, 7) is 8.94. The van der Waals surface area contributed by atoms with Gasteiger partial charge in [-0.2, -0.15) is 0 Å². The molecule has 6 heteroatoms. The molecule has 0 aliphatic carbocycles. The Labute approximate surface area is 149 Å². The molecule has 0 saturated carbocycles. The van der Waals surface area contributed by atoms with E-state index in [9.17, 15) is 9.18 Å². The topological polar surface area (TPSA) is 52.8 Å². The van der Waals surface area contributed by atoms with Crippen molar-refractivity contribution in [2.45, 2.75) is 38.3 Å². The molecule has 0 radical (unpaired) electrons. The number of hydrogen-bond acceptors (Lipinski definition) is 4. The highest BCUT2D eigenvalue weighted by Gasteiger charge is 2.34. The van der Waals surface area contributed by atoms with Crippen molar-refractivity contribution < 1.29 is 9.18 Å². The fourth-order valence-corrected chi connectivity index (χ4v) is 3.84. The monoisotopic (exact) mass is 348 g/mol. The van der Waals surface area contributed by atoms with Gasteiger partial charge in [0.2, 0.25) is 5.91 Å². The van der Waals surface area contributed by atoms with Crippen LogP contribution in [0, 0.1) is 5.82 Å². The molecule has 2 aliphatic rings. The van der Waals surface area contributed by atoms with E-state index in [2.05, 4.69) is 9.80 Å². The van der Waals surface area contributed by atoms with Crippen LogP contribution in [0.1, 0.15) is 26.7 Å². The second-order valence-electron chi connectivity index (χ2n) is 7.77. The summed E-state index contributed by atoms with van der Waals surface area (Å²) in [4.78, 5) is 19.2.